The number of hydrogen-bond donors (Lipinski definition) is 1. The monoisotopic (exact) mass is 290 g/mol. The van der Waals surface area contributed by atoms with Crippen LogP contribution >= 0.6 is 0 Å². The van der Waals surface area contributed by atoms with Gasteiger partial charge in [-0.15, -0.1) is 0 Å². The van der Waals surface area contributed by atoms with Gasteiger partial charge in [0.05, 0.1) is 7.11 Å². The molecule has 5 heteroatoms. The second-order valence-corrected chi connectivity index (χ2v) is 5.36. The zero-order valence-corrected chi connectivity index (χ0v) is 12.4. The number of carbonyl (C=O) groups is 2. The summed E-state index contributed by atoms with van der Waals surface area (Å²) in [5, 5.41) is 2.43. The molecule has 5 nitrogen and oxygen atoms in total. The molecule has 114 valence electrons. The highest BCUT2D eigenvalue weighted by Crippen LogP contribution is 2.21. The van der Waals surface area contributed by atoms with Crippen LogP contribution in [0.4, 0.5) is 4.79 Å². The van der Waals surface area contributed by atoms with E-state index in [0.29, 0.717) is 5.92 Å². The van der Waals surface area contributed by atoms with Gasteiger partial charge in [-0.1, -0.05) is 30.3 Å². The number of nitrogens with zero attached hydrogens (tertiary/aromatic N) is 1. The van der Waals surface area contributed by atoms with Crippen molar-refractivity contribution in [2.75, 3.05) is 26.7 Å². The topological polar surface area (TPSA) is 58.6 Å². The molecule has 0 atom stereocenters. The van der Waals surface area contributed by atoms with Gasteiger partial charge in [0, 0.05) is 13.1 Å². The summed E-state index contributed by atoms with van der Waals surface area (Å²) < 4.78 is 4.45. The number of carbonyl (C=O) groups excluding carboxylic acids is 2. The first-order valence-corrected chi connectivity index (χ1v) is 7.32. The molecule has 2 amide bonds. The molecule has 2 rings (SSSR count). The number of rotatable bonds is 4. The Kier molecular flexibility index (Phi) is 5.60. The maximum atomic E-state index is 11.9. The summed E-state index contributed by atoms with van der Waals surface area (Å²) in [4.78, 5) is 24.7. The van der Waals surface area contributed by atoms with Gasteiger partial charge in [0.15, 0.2) is 0 Å². The molecule has 1 aromatic rings. The Labute approximate surface area is 125 Å². The largest absolute Gasteiger partial charge is 0.453 e. The number of hydrogen-bond acceptors (Lipinski definition) is 3. The summed E-state index contributed by atoms with van der Waals surface area (Å²) in [5.74, 6) is 0.587. The van der Waals surface area contributed by atoms with Crippen LogP contribution in [0.2, 0.25) is 0 Å². The Morgan fingerprint density at radius 2 is 1.90 bits per heavy atom. The van der Waals surface area contributed by atoms with E-state index in [1.165, 1.54) is 12.7 Å². The lowest BCUT2D eigenvalue weighted by Crippen LogP contribution is -2.44. The Hall–Kier alpha value is -2.04. The van der Waals surface area contributed by atoms with E-state index in [4.69, 9.17) is 0 Å². The summed E-state index contributed by atoms with van der Waals surface area (Å²) in [6, 6.07) is 10.5. The standard InChI is InChI=1S/C16H22N2O3/c1-21-16(20)17-12-15(19)18-9-7-14(8-10-18)11-13-5-3-2-4-6-13/h2-6,14H,7-12H2,1H3,(H,17,20). The number of ether oxygens (including phenoxy) is 1. The van der Waals surface area contributed by atoms with Crippen LogP contribution in [0.25, 0.3) is 0 Å². The molecule has 0 spiro atoms. The fourth-order valence-electron chi connectivity index (χ4n) is 2.67. The van der Waals surface area contributed by atoms with Gasteiger partial charge in [0.2, 0.25) is 5.91 Å². The van der Waals surface area contributed by atoms with Crippen LogP contribution in [0.5, 0.6) is 0 Å². The number of alkyl carbamates (subject to hydrolysis) is 1. The van der Waals surface area contributed by atoms with E-state index in [2.05, 4.69) is 34.3 Å². The maximum Gasteiger partial charge on any atom is 0.407 e. The van der Waals surface area contributed by atoms with Crippen molar-refractivity contribution in [1.29, 1.82) is 0 Å². The molecule has 1 saturated heterocycles. The first-order chi connectivity index (χ1) is 10.2. The van der Waals surface area contributed by atoms with Gasteiger partial charge in [-0.25, -0.2) is 4.79 Å². The third-order valence-electron chi connectivity index (χ3n) is 3.90. The molecule has 1 aliphatic rings. The van der Waals surface area contributed by atoms with Crippen LogP contribution in [0, 0.1) is 5.92 Å². The lowest BCUT2D eigenvalue weighted by molar-refractivity contribution is -0.131. The lowest BCUT2D eigenvalue weighted by atomic mass is 9.90. The van der Waals surface area contributed by atoms with Gasteiger partial charge < -0.3 is 15.0 Å². The quantitative estimate of drug-likeness (QED) is 0.920. The third kappa shape index (κ3) is 4.77. The SMILES string of the molecule is COC(=O)NCC(=O)N1CCC(Cc2ccccc2)CC1. The second-order valence-electron chi connectivity index (χ2n) is 5.36. The predicted octanol–water partition coefficient (Wildman–Crippen LogP) is 1.82. The van der Waals surface area contributed by atoms with E-state index in [0.717, 1.165) is 32.4 Å². The van der Waals surface area contributed by atoms with Crippen molar-refractivity contribution in [2.24, 2.45) is 5.92 Å². The van der Waals surface area contributed by atoms with Crippen LogP contribution < -0.4 is 5.32 Å². The molecule has 0 radical (unpaired) electrons. The molecule has 0 aromatic heterocycles. The van der Waals surface area contributed by atoms with Gasteiger partial charge in [-0.05, 0) is 30.7 Å². The van der Waals surface area contributed by atoms with Gasteiger partial charge in [-0.2, -0.15) is 0 Å². The maximum absolute atomic E-state index is 11.9. The first kappa shape index (κ1) is 15.4. The molecule has 1 fully saturated rings. The summed E-state index contributed by atoms with van der Waals surface area (Å²) in [5.41, 5.74) is 1.36. The predicted molar refractivity (Wildman–Crippen MR) is 79.9 cm³/mol. The molecular weight excluding hydrogens is 268 g/mol. The number of nitrogens with one attached hydrogen (secondary N) is 1. The summed E-state index contributed by atoms with van der Waals surface area (Å²) in [6.45, 7) is 1.54. The van der Waals surface area contributed by atoms with Crippen LogP contribution in [-0.2, 0) is 16.0 Å². The lowest BCUT2D eigenvalue weighted by Gasteiger charge is -2.32. The summed E-state index contributed by atoms with van der Waals surface area (Å²) >= 11 is 0. The van der Waals surface area contributed by atoms with Crippen molar-refractivity contribution in [3.63, 3.8) is 0 Å². The number of methoxy groups -OCH3 is 1. The molecule has 0 unspecified atom stereocenters. The smallest absolute Gasteiger partial charge is 0.407 e. The average Bonchev–Trinajstić information content (AvgIpc) is 2.54. The van der Waals surface area contributed by atoms with E-state index >= 15 is 0 Å². The second kappa shape index (κ2) is 7.67. The molecule has 1 aliphatic heterocycles. The minimum atomic E-state index is -0.567. The average molecular weight is 290 g/mol. The van der Waals surface area contributed by atoms with Crippen molar-refractivity contribution < 1.29 is 14.3 Å². The Bertz CT molecular complexity index is 468. The summed E-state index contributed by atoms with van der Waals surface area (Å²) in [6.07, 6.45) is 2.53. The van der Waals surface area contributed by atoms with Gasteiger partial charge >= 0.3 is 6.09 Å². The van der Waals surface area contributed by atoms with Crippen molar-refractivity contribution in [3.05, 3.63) is 35.9 Å². The fraction of sp³-hybridized carbons (Fsp3) is 0.500. The molecule has 1 aromatic carbocycles. The number of piperidine rings is 1. The zero-order chi connectivity index (χ0) is 15.1. The van der Waals surface area contributed by atoms with E-state index in [1.54, 1.807) is 0 Å². The van der Waals surface area contributed by atoms with Crippen LogP contribution in [0.3, 0.4) is 0 Å². The molecule has 0 bridgehead atoms. The molecule has 1 N–H and O–H groups in total. The van der Waals surface area contributed by atoms with Crippen LogP contribution in [0.1, 0.15) is 18.4 Å². The molecular formula is C16H22N2O3. The minimum absolute atomic E-state index is 0.00995. The number of benzene rings is 1. The number of amides is 2. The Balaban J connectivity index is 1.72. The van der Waals surface area contributed by atoms with Gasteiger partial charge in [-0.3, -0.25) is 4.79 Å². The summed E-state index contributed by atoms with van der Waals surface area (Å²) in [7, 11) is 1.29. The molecule has 1 heterocycles. The molecule has 0 aliphatic carbocycles. The molecule has 21 heavy (non-hydrogen) atoms. The van der Waals surface area contributed by atoms with Crippen molar-refractivity contribution in [2.45, 2.75) is 19.3 Å². The highest BCUT2D eigenvalue weighted by Gasteiger charge is 2.23. The number of likely N-dealkylation sites (tertiary alicyclic amines) is 1. The van der Waals surface area contributed by atoms with Gasteiger partial charge in [0.25, 0.3) is 0 Å². The van der Waals surface area contributed by atoms with E-state index in [-0.39, 0.29) is 12.5 Å². The molecule has 0 saturated carbocycles. The van der Waals surface area contributed by atoms with E-state index in [1.807, 2.05) is 11.0 Å². The van der Waals surface area contributed by atoms with E-state index in [9.17, 15) is 9.59 Å². The van der Waals surface area contributed by atoms with Crippen molar-refractivity contribution >= 4 is 12.0 Å². The van der Waals surface area contributed by atoms with E-state index < -0.39 is 6.09 Å². The van der Waals surface area contributed by atoms with Gasteiger partial charge in [0.1, 0.15) is 6.54 Å². The van der Waals surface area contributed by atoms with Crippen LogP contribution in [0.15, 0.2) is 30.3 Å². The van der Waals surface area contributed by atoms with Crippen molar-refractivity contribution in [3.8, 4) is 0 Å². The minimum Gasteiger partial charge on any atom is -0.453 e. The Morgan fingerprint density at radius 1 is 1.24 bits per heavy atom. The zero-order valence-electron chi connectivity index (χ0n) is 12.4. The third-order valence-corrected chi connectivity index (χ3v) is 3.90. The van der Waals surface area contributed by atoms with Crippen LogP contribution in [-0.4, -0.2) is 43.6 Å². The first-order valence-electron chi connectivity index (χ1n) is 7.32. The fourth-order valence-corrected chi connectivity index (χ4v) is 2.67. The Morgan fingerprint density at radius 3 is 2.52 bits per heavy atom. The highest BCUT2D eigenvalue weighted by molar-refractivity contribution is 5.82. The normalized spacial score (nSPS) is 15.6. The van der Waals surface area contributed by atoms with Crippen molar-refractivity contribution in [1.82, 2.24) is 10.2 Å². The highest BCUT2D eigenvalue weighted by atomic mass is 16.5.